The third-order valence-electron chi connectivity index (χ3n) is 3.95. The van der Waals surface area contributed by atoms with Crippen molar-refractivity contribution < 1.29 is 4.39 Å². The molecular formula is C14H19FN4. The van der Waals surface area contributed by atoms with Crippen LogP contribution in [0.2, 0.25) is 0 Å². The Balaban J connectivity index is 1.90. The minimum absolute atomic E-state index is 0.248. The van der Waals surface area contributed by atoms with Gasteiger partial charge in [0.1, 0.15) is 5.82 Å². The quantitative estimate of drug-likeness (QED) is 0.922. The Kier molecular flexibility index (Phi) is 3.14. The molecule has 2 heterocycles. The predicted octanol–water partition coefficient (Wildman–Crippen LogP) is 2.24. The highest BCUT2D eigenvalue weighted by Gasteiger charge is 2.20. The first kappa shape index (κ1) is 12.4. The first-order valence-electron chi connectivity index (χ1n) is 6.80. The van der Waals surface area contributed by atoms with E-state index in [2.05, 4.69) is 16.8 Å². The average molecular weight is 262 g/mol. The Bertz CT molecular complexity index is 586. The van der Waals surface area contributed by atoms with Gasteiger partial charge in [0.05, 0.1) is 11.0 Å². The van der Waals surface area contributed by atoms with Crippen LogP contribution in [-0.4, -0.2) is 33.6 Å². The fraction of sp³-hybridized carbons (Fsp3) is 0.500. The third kappa shape index (κ3) is 2.30. The zero-order chi connectivity index (χ0) is 13.4. The molecule has 0 amide bonds. The van der Waals surface area contributed by atoms with E-state index in [4.69, 9.17) is 5.73 Å². The maximum atomic E-state index is 13.4. The molecule has 5 heteroatoms. The van der Waals surface area contributed by atoms with Gasteiger partial charge in [-0.15, -0.1) is 0 Å². The van der Waals surface area contributed by atoms with Crippen LogP contribution in [0.3, 0.4) is 0 Å². The van der Waals surface area contributed by atoms with Crippen LogP contribution in [0.15, 0.2) is 18.2 Å². The maximum absolute atomic E-state index is 13.4. The lowest BCUT2D eigenvalue weighted by Crippen LogP contribution is -2.33. The van der Waals surface area contributed by atoms with Crippen LogP contribution in [0.1, 0.15) is 19.8 Å². The molecule has 19 heavy (non-hydrogen) atoms. The van der Waals surface area contributed by atoms with Crippen molar-refractivity contribution in [1.29, 1.82) is 0 Å². The van der Waals surface area contributed by atoms with Crippen molar-refractivity contribution in [3.8, 4) is 0 Å². The van der Waals surface area contributed by atoms with Gasteiger partial charge in [-0.1, -0.05) is 0 Å². The van der Waals surface area contributed by atoms with Crippen LogP contribution in [0.5, 0.6) is 0 Å². The average Bonchev–Trinajstić information content (AvgIpc) is 2.99. The van der Waals surface area contributed by atoms with E-state index in [0.29, 0.717) is 12.0 Å². The molecule has 1 aliphatic heterocycles. The lowest BCUT2D eigenvalue weighted by molar-refractivity contribution is 0.238. The normalized spacial score (nSPS) is 18.2. The lowest BCUT2D eigenvalue weighted by atomic mass is 10.2. The van der Waals surface area contributed by atoms with Gasteiger partial charge in [0.2, 0.25) is 5.95 Å². The second-order valence-corrected chi connectivity index (χ2v) is 5.31. The van der Waals surface area contributed by atoms with Crippen LogP contribution in [0, 0.1) is 5.82 Å². The Hall–Kier alpha value is -1.62. The van der Waals surface area contributed by atoms with Crippen molar-refractivity contribution in [2.75, 3.05) is 18.8 Å². The van der Waals surface area contributed by atoms with Gasteiger partial charge in [-0.05, 0) is 51.1 Å². The Morgan fingerprint density at radius 1 is 1.37 bits per heavy atom. The van der Waals surface area contributed by atoms with E-state index in [1.807, 2.05) is 4.57 Å². The number of hydrogen-bond acceptors (Lipinski definition) is 3. The van der Waals surface area contributed by atoms with Crippen molar-refractivity contribution in [3.63, 3.8) is 0 Å². The summed E-state index contributed by atoms with van der Waals surface area (Å²) >= 11 is 0. The zero-order valence-electron chi connectivity index (χ0n) is 11.1. The van der Waals surface area contributed by atoms with Gasteiger partial charge >= 0.3 is 0 Å². The summed E-state index contributed by atoms with van der Waals surface area (Å²) in [5.41, 5.74) is 7.50. The Morgan fingerprint density at radius 3 is 2.84 bits per heavy atom. The summed E-state index contributed by atoms with van der Waals surface area (Å²) < 4.78 is 15.3. The van der Waals surface area contributed by atoms with Crippen LogP contribution < -0.4 is 5.73 Å². The molecule has 0 saturated carbocycles. The highest BCUT2D eigenvalue weighted by molar-refractivity contribution is 5.78. The maximum Gasteiger partial charge on any atom is 0.201 e. The number of nitrogens with zero attached hydrogens (tertiary/aromatic N) is 3. The SMILES string of the molecule is CC(Cn1c(N)nc2ccc(F)cc21)N1CCCC1. The molecule has 4 nitrogen and oxygen atoms in total. The molecule has 1 aromatic carbocycles. The first-order valence-corrected chi connectivity index (χ1v) is 6.80. The van der Waals surface area contributed by atoms with Crippen molar-refractivity contribution >= 4 is 17.0 Å². The van der Waals surface area contributed by atoms with Crippen LogP contribution >= 0.6 is 0 Å². The monoisotopic (exact) mass is 262 g/mol. The highest BCUT2D eigenvalue weighted by Crippen LogP contribution is 2.21. The largest absolute Gasteiger partial charge is 0.369 e. The highest BCUT2D eigenvalue weighted by atomic mass is 19.1. The predicted molar refractivity (Wildman–Crippen MR) is 74.4 cm³/mol. The van der Waals surface area contributed by atoms with Crippen LogP contribution in [-0.2, 0) is 6.54 Å². The molecule has 0 bridgehead atoms. The number of fused-ring (bicyclic) bond motifs is 1. The van der Waals surface area contributed by atoms with Crippen LogP contribution in [0.4, 0.5) is 10.3 Å². The standard InChI is InChI=1S/C14H19FN4/c1-10(18-6-2-3-7-18)9-19-13-8-11(15)4-5-12(13)17-14(19)16/h4-5,8,10H,2-3,6-7,9H2,1H3,(H2,16,17). The molecule has 1 saturated heterocycles. The number of nitrogens with two attached hydrogens (primary N) is 1. The molecule has 3 rings (SSSR count). The molecule has 0 spiro atoms. The first-order chi connectivity index (χ1) is 9.15. The fourth-order valence-corrected chi connectivity index (χ4v) is 2.87. The van der Waals surface area contributed by atoms with E-state index in [-0.39, 0.29) is 5.82 Å². The molecule has 1 aromatic heterocycles. The summed E-state index contributed by atoms with van der Waals surface area (Å²) in [5, 5.41) is 0. The van der Waals surface area contributed by atoms with E-state index >= 15 is 0 Å². The number of benzene rings is 1. The molecule has 102 valence electrons. The number of anilines is 1. The lowest BCUT2D eigenvalue weighted by Gasteiger charge is -2.24. The Labute approximate surface area is 112 Å². The third-order valence-corrected chi connectivity index (χ3v) is 3.95. The number of halogens is 1. The summed E-state index contributed by atoms with van der Waals surface area (Å²) in [6, 6.07) is 5.00. The fourth-order valence-electron chi connectivity index (χ4n) is 2.87. The van der Waals surface area contributed by atoms with Gasteiger partial charge in [-0.2, -0.15) is 0 Å². The molecule has 0 aliphatic carbocycles. The van der Waals surface area contributed by atoms with Gasteiger partial charge in [-0.25, -0.2) is 9.37 Å². The summed E-state index contributed by atoms with van der Waals surface area (Å²) in [4.78, 5) is 6.74. The number of imidazole rings is 1. The number of nitrogen functional groups attached to an aromatic ring is 1. The summed E-state index contributed by atoms with van der Waals surface area (Å²) in [6.07, 6.45) is 2.53. The van der Waals surface area contributed by atoms with Gasteiger partial charge in [-0.3, -0.25) is 4.90 Å². The number of rotatable bonds is 3. The van der Waals surface area contributed by atoms with Crippen molar-refractivity contribution in [2.24, 2.45) is 0 Å². The van der Waals surface area contributed by atoms with E-state index in [1.54, 1.807) is 6.07 Å². The molecular weight excluding hydrogens is 243 g/mol. The summed E-state index contributed by atoms with van der Waals surface area (Å²) in [7, 11) is 0. The van der Waals surface area contributed by atoms with E-state index in [1.165, 1.54) is 25.0 Å². The molecule has 1 aliphatic rings. The number of hydrogen-bond donors (Lipinski definition) is 1. The van der Waals surface area contributed by atoms with Crippen molar-refractivity contribution in [1.82, 2.24) is 14.5 Å². The smallest absolute Gasteiger partial charge is 0.201 e. The van der Waals surface area contributed by atoms with E-state index in [9.17, 15) is 4.39 Å². The molecule has 1 unspecified atom stereocenters. The summed E-state index contributed by atoms with van der Waals surface area (Å²) in [6.45, 7) is 5.23. The van der Waals surface area contributed by atoms with Crippen LogP contribution in [0.25, 0.3) is 11.0 Å². The zero-order valence-corrected chi connectivity index (χ0v) is 11.1. The number of aromatic nitrogens is 2. The number of likely N-dealkylation sites (tertiary alicyclic amines) is 1. The van der Waals surface area contributed by atoms with Gasteiger partial charge in [0.15, 0.2) is 0 Å². The Morgan fingerprint density at radius 2 is 2.11 bits per heavy atom. The van der Waals surface area contributed by atoms with Gasteiger partial charge < -0.3 is 10.3 Å². The molecule has 2 N–H and O–H groups in total. The molecule has 0 radical (unpaired) electrons. The summed E-state index contributed by atoms with van der Waals surface area (Å²) in [5.74, 6) is 0.217. The minimum atomic E-state index is -0.248. The van der Waals surface area contributed by atoms with Gasteiger partial charge in [0, 0.05) is 12.6 Å². The molecule has 2 aromatic rings. The van der Waals surface area contributed by atoms with Gasteiger partial charge in [0.25, 0.3) is 0 Å². The van der Waals surface area contributed by atoms with E-state index in [0.717, 1.165) is 30.7 Å². The molecule has 1 atom stereocenters. The second-order valence-electron chi connectivity index (χ2n) is 5.31. The van der Waals surface area contributed by atoms with Crippen molar-refractivity contribution in [3.05, 3.63) is 24.0 Å². The minimum Gasteiger partial charge on any atom is -0.369 e. The second kappa shape index (κ2) is 4.81. The van der Waals surface area contributed by atoms with E-state index < -0.39 is 0 Å². The topological polar surface area (TPSA) is 47.1 Å². The molecule has 1 fully saturated rings. The van der Waals surface area contributed by atoms with Crippen molar-refractivity contribution in [2.45, 2.75) is 32.4 Å².